The second-order valence-corrected chi connectivity index (χ2v) is 16.6. The van der Waals surface area contributed by atoms with E-state index in [1.54, 1.807) is 72.8 Å². The van der Waals surface area contributed by atoms with E-state index >= 15 is 0 Å². The minimum absolute atomic E-state index is 0.207. The third-order valence-corrected chi connectivity index (χ3v) is 10.9. The van der Waals surface area contributed by atoms with Crippen LogP contribution in [0.4, 0.5) is 23.0 Å². The van der Waals surface area contributed by atoms with Gasteiger partial charge in [0.25, 0.3) is 23.6 Å². The smallest absolute Gasteiger partial charge is 0.258 e. The fourth-order valence-electron chi connectivity index (χ4n) is 6.44. The summed E-state index contributed by atoms with van der Waals surface area (Å²) >= 11 is 23.9. The molecule has 4 amide bonds. The van der Waals surface area contributed by atoms with E-state index in [1.165, 1.54) is 24.5 Å². The van der Waals surface area contributed by atoms with Gasteiger partial charge in [0.15, 0.2) is 11.9 Å². The van der Waals surface area contributed by atoms with Gasteiger partial charge in [-0.2, -0.15) is 0 Å². The Kier molecular flexibility index (Phi) is 16.2. The van der Waals surface area contributed by atoms with Crippen LogP contribution in [0.5, 0.6) is 0 Å². The average molecular weight is 981 g/mol. The van der Waals surface area contributed by atoms with Crippen LogP contribution in [-0.4, -0.2) is 83.6 Å². The molecule has 67 heavy (non-hydrogen) atoms. The van der Waals surface area contributed by atoms with Crippen molar-refractivity contribution in [2.45, 2.75) is 13.1 Å². The Morgan fingerprint density at radius 1 is 0.552 bits per heavy atom. The first kappa shape index (κ1) is 47.7. The van der Waals surface area contributed by atoms with E-state index in [1.807, 2.05) is 31.3 Å². The number of rotatable bonds is 12. The molecular weight excluding hydrogens is 938 g/mol. The number of benzene rings is 4. The summed E-state index contributed by atoms with van der Waals surface area (Å²) < 4.78 is 0. The van der Waals surface area contributed by atoms with Crippen LogP contribution in [0.25, 0.3) is 0 Å². The molecular formula is C47H42Cl4N12O4. The maximum absolute atomic E-state index is 12.8. The zero-order valence-electron chi connectivity index (χ0n) is 35.7. The van der Waals surface area contributed by atoms with Crippen LogP contribution in [0, 0.1) is 0 Å². The van der Waals surface area contributed by atoms with Gasteiger partial charge in [-0.15, -0.1) is 0 Å². The van der Waals surface area contributed by atoms with Crippen LogP contribution in [-0.2, 0) is 13.1 Å². The second-order valence-electron chi connectivity index (χ2n) is 14.8. The summed E-state index contributed by atoms with van der Waals surface area (Å²) in [5, 5.41) is 22.2. The lowest BCUT2D eigenvalue weighted by Crippen LogP contribution is -2.35. The Balaban J connectivity index is 0.000000199. The number of amides is 4. The van der Waals surface area contributed by atoms with Crippen molar-refractivity contribution in [1.82, 2.24) is 30.8 Å². The Labute approximate surface area is 405 Å². The molecule has 0 fully saturated rings. The highest BCUT2D eigenvalue weighted by molar-refractivity contribution is 6.32. The number of nitrogens with one attached hydrogen (secondary N) is 7. The molecule has 0 atom stereocenters. The molecule has 4 aromatic carbocycles. The highest BCUT2D eigenvalue weighted by atomic mass is 35.5. The van der Waals surface area contributed by atoms with E-state index < -0.39 is 11.8 Å². The van der Waals surface area contributed by atoms with E-state index in [0.29, 0.717) is 67.3 Å². The summed E-state index contributed by atoms with van der Waals surface area (Å²) in [7, 11) is 1.99. The third-order valence-electron chi connectivity index (χ3n) is 9.96. The monoisotopic (exact) mass is 978 g/mol. The molecule has 0 spiro atoms. The number of nitrogens with zero attached hydrogens (tertiary/aromatic N) is 5. The number of pyridine rings is 2. The topological polar surface area (TPSA) is 206 Å². The first-order chi connectivity index (χ1) is 32.4. The van der Waals surface area contributed by atoms with Crippen molar-refractivity contribution >= 4 is 105 Å². The SMILES string of the molecule is CN1CCN=C1NCc1ccc(C(=O)Nc2ccc(Cl)cc2C(=O)Nc2ccc(Cl)cn2)cc1.O=C(Nc1ccc(Cl)cc1C(=O)Nc1ccc(Cl)cn1)c1ccc(CNC2=NCCN2)cc1. The quantitative estimate of drug-likeness (QED) is 0.0626. The number of carbonyl (C=O) groups is 4. The van der Waals surface area contributed by atoms with Crippen molar-refractivity contribution in [1.29, 1.82) is 0 Å². The normalized spacial score (nSPS) is 12.6. The lowest BCUT2D eigenvalue weighted by molar-refractivity contribution is 0.101. The molecule has 4 heterocycles. The fourth-order valence-corrected chi connectivity index (χ4v) is 7.00. The van der Waals surface area contributed by atoms with E-state index in [0.717, 1.165) is 49.2 Å². The predicted molar refractivity (Wildman–Crippen MR) is 265 cm³/mol. The van der Waals surface area contributed by atoms with Gasteiger partial charge in [-0.1, -0.05) is 70.7 Å². The van der Waals surface area contributed by atoms with Crippen LogP contribution < -0.4 is 37.2 Å². The van der Waals surface area contributed by atoms with E-state index in [2.05, 4.69) is 62.1 Å². The Hall–Kier alpha value is -7.24. The predicted octanol–water partition coefficient (Wildman–Crippen LogP) is 8.23. The maximum atomic E-state index is 12.8. The summed E-state index contributed by atoms with van der Waals surface area (Å²) in [4.78, 5) is 70.1. The summed E-state index contributed by atoms with van der Waals surface area (Å²) in [6, 6.07) is 30.1. The summed E-state index contributed by atoms with van der Waals surface area (Å²) in [5.74, 6) is 0.664. The molecule has 0 saturated heterocycles. The van der Waals surface area contributed by atoms with Gasteiger partial charge in [0, 0.05) is 66.8 Å². The van der Waals surface area contributed by atoms with E-state index in [4.69, 9.17) is 46.4 Å². The number of anilines is 4. The number of likely N-dealkylation sites (N-methyl/N-ethyl adjacent to an activating group) is 1. The summed E-state index contributed by atoms with van der Waals surface area (Å²) in [6.45, 7) is 4.49. The molecule has 16 nitrogen and oxygen atoms in total. The second kappa shape index (κ2) is 22.8. The molecule has 0 saturated carbocycles. The lowest BCUT2D eigenvalue weighted by atomic mass is 10.1. The van der Waals surface area contributed by atoms with E-state index in [9.17, 15) is 19.2 Å². The highest BCUT2D eigenvalue weighted by Gasteiger charge is 2.19. The van der Waals surface area contributed by atoms with Crippen LogP contribution >= 0.6 is 46.4 Å². The molecule has 20 heteroatoms. The minimum atomic E-state index is -0.465. The minimum Gasteiger partial charge on any atom is -0.355 e. The molecule has 0 radical (unpaired) electrons. The van der Waals surface area contributed by atoms with Crippen LogP contribution in [0.3, 0.4) is 0 Å². The number of hydrogen-bond acceptors (Lipinski definition) is 12. The molecule has 8 rings (SSSR count). The lowest BCUT2D eigenvalue weighted by Gasteiger charge is -2.15. The average Bonchev–Trinajstić information content (AvgIpc) is 4.02. The van der Waals surface area contributed by atoms with Gasteiger partial charge >= 0.3 is 0 Å². The highest BCUT2D eigenvalue weighted by Crippen LogP contribution is 2.25. The Morgan fingerprint density at radius 3 is 1.45 bits per heavy atom. The van der Waals surface area contributed by atoms with Crippen molar-refractivity contribution in [3.63, 3.8) is 0 Å². The maximum Gasteiger partial charge on any atom is 0.258 e. The zero-order chi connectivity index (χ0) is 47.3. The molecule has 2 aliphatic heterocycles. The van der Waals surface area contributed by atoms with Crippen molar-refractivity contribution < 1.29 is 19.2 Å². The van der Waals surface area contributed by atoms with Crippen molar-refractivity contribution in [3.8, 4) is 0 Å². The van der Waals surface area contributed by atoms with Crippen LogP contribution in [0.2, 0.25) is 20.1 Å². The van der Waals surface area contributed by atoms with Crippen molar-refractivity contribution in [2.24, 2.45) is 9.98 Å². The molecule has 0 unspecified atom stereocenters. The zero-order valence-corrected chi connectivity index (χ0v) is 38.7. The largest absolute Gasteiger partial charge is 0.355 e. The molecule has 2 aromatic heterocycles. The third kappa shape index (κ3) is 13.7. The number of aromatic nitrogens is 2. The molecule has 2 aliphatic rings. The van der Waals surface area contributed by atoms with Crippen LogP contribution in [0.15, 0.2) is 132 Å². The van der Waals surface area contributed by atoms with Crippen molar-refractivity contribution in [2.75, 3.05) is 54.5 Å². The standard InChI is InChI=1S/C24H22Cl2N6O2.C23H20Cl2N6O2/c1-32-11-10-27-24(32)29-13-15-2-4-16(5-3-15)22(33)30-20-8-6-17(25)12-19(20)23(34)31-21-9-7-18(26)14-28-21;24-16-5-7-19(18(11-16)22(33)31-20-8-6-17(25)13-28-20)30-21(32)15-3-1-14(2-4-15)12-29-23-26-9-10-27-23/h2-9,12,14H,10-11,13H2,1H3,(H,27,29)(H,30,33)(H,28,31,34);1-8,11,13H,9-10,12H2,(H,30,32)(H2,26,27,29)(H,28,31,33). The summed E-state index contributed by atoms with van der Waals surface area (Å²) in [5.41, 5.74) is 4.00. The van der Waals surface area contributed by atoms with Gasteiger partial charge in [-0.3, -0.25) is 29.2 Å². The Morgan fingerprint density at radius 2 is 1.03 bits per heavy atom. The first-order valence-electron chi connectivity index (χ1n) is 20.6. The summed E-state index contributed by atoms with van der Waals surface area (Å²) in [6.07, 6.45) is 2.85. The van der Waals surface area contributed by atoms with E-state index in [-0.39, 0.29) is 22.9 Å². The molecule has 0 bridgehead atoms. The van der Waals surface area contributed by atoms with Gasteiger partial charge in [-0.05, 0) is 96.1 Å². The van der Waals surface area contributed by atoms with Gasteiger partial charge < -0.3 is 42.1 Å². The number of hydrogen-bond donors (Lipinski definition) is 7. The van der Waals surface area contributed by atoms with Crippen LogP contribution in [0.1, 0.15) is 52.6 Å². The van der Waals surface area contributed by atoms with Gasteiger partial charge in [0.1, 0.15) is 11.6 Å². The molecule has 0 aliphatic carbocycles. The number of carbonyl (C=O) groups excluding carboxylic acids is 4. The van der Waals surface area contributed by atoms with Gasteiger partial charge in [-0.25, -0.2) is 9.97 Å². The number of guanidine groups is 2. The number of aliphatic imine (C=N–C) groups is 2. The molecule has 7 N–H and O–H groups in total. The molecule has 342 valence electrons. The Bertz CT molecular complexity index is 2810. The van der Waals surface area contributed by atoms with Crippen molar-refractivity contribution in [3.05, 3.63) is 175 Å². The van der Waals surface area contributed by atoms with Gasteiger partial charge in [0.05, 0.1) is 45.6 Å². The fraction of sp³-hybridized carbons (Fsp3) is 0.149. The number of halogens is 4. The van der Waals surface area contributed by atoms with Gasteiger partial charge in [0.2, 0.25) is 0 Å². The molecule has 6 aromatic rings. The first-order valence-corrected chi connectivity index (χ1v) is 22.1.